The van der Waals surface area contributed by atoms with Gasteiger partial charge in [-0.3, -0.25) is 9.48 Å². The van der Waals surface area contributed by atoms with Gasteiger partial charge in [-0.1, -0.05) is 29.8 Å². The van der Waals surface area contributed by atoms with Gasteiger partial charge in [0.15, 0.2) is 5.69 Å². The molecule has 34 heavy (non-hydrogen) atoms. The first-order valence-electron chi connectivity index (χ1n) is 10.8. The second-order valence-electron chi connectivity index (χ2n) is 8.17. The van der Waals surface area contributed by atoms with Gasteiger partial charge < -0.3 is 14.8 Å². The number of rotatable bonds is 7. The smallest absolute Gasteiger partial charge is 0.272 e. The van der Waals surface area contributed by atoms with Crippen LogP contribution in [0.25, 0.3) is 0 Å². The molecular formula is C24H28N4O5S. The van der Waals surface area contributed by atoms with Crippen LogP contribution in [0.1, 0.15) is 32.9 Å². The number of aryl methyl sites for hydroxylation is 2. The van der Waals surface area contributed by atoms with Crippen molar-refractivity contribution >= 4 is 15.9 Å². The molecule has 1 amide bonds. The summed E-state index contributed by atoms with van der Waals surface area (Å²) in [5.74, 6) is 0.306. The van der Waals surface area contributed by atoms with Gasteiger partial charge >= 0.3 is 0 Å². The third kappa shape index (κ3) is 4.51. The lowest BCUT2D eigenvalue weighted by Crippen LogP contribution is -2.37. The van der Waals surface area contributed by atoms with Gasteiger partial charge in [0.05, 0.1) is 14.2 Å². The molecule has 0 radical (unpaired) electrons. The lowest BCUT2D eigenvalue weighted by Gasteiger charge is -2.27. The molecule has 1 N–H and O–H groups in total. The zero-order valence-corrected chi connectivity index (χ0v) is 20.5. The summed E-state index contributed by atoms with van der Waals surface area (Å²) in [5, 5.41) is 7.32. The summed E-state index contributed by atoms with van der Waals surface area (Å²) >= 11 is 0. The average Bonchev–Trinajstić information content (AvgIpc) is 3.18. The summed E-state index contributed by atoms with van der Waals surface area (Å²) in [5.41, 5.74) is 3.79. The number of sulfonamides is 1. The number of carbonyl (C=O) groups is 1. The molecule has 2 heterocycles. The van der Waals surface area contributed by atoms with Gasteiger partial charge in [0.25, 0.3) is 5.91 Å². The first kappa shape index (κ1) is 23.8. The Morgan fingerprint density at radius 1 is 1.15 bits per heavy atom. The molecule has 1 aromatic heterocycles. The van der Waals surface area contributed by atoms with Crippen LogP contribution in [-0.4, -0.2) is 49.2 Å². The van der Waals surface area contributed by atoms with Crippen LogP contribution < -0.4 is 14.8 Å². The van der Waals surface area contributed by atoms with E-state index in [-0.39, 0.29) is 35.3 Å². The highest BCUT2D eigenvalue weighted by Gasteiger charge is 2.35. The van der Waals surface area contributed by atoms with Crippen LogP contribution in [0.4, 0.5) is 0 Å². The average molecular weight is 485 g/mol. The van der Waals surface area contributed by atoms with Crippen molar-refractivity contribution < 1.29 is 22.7 Å². The van der Waals surface area contributed by atoms with Gasteiger partial charge in [0.2, 0.25) is 10.0 Å². The number of fused-ring (bicyclic) bond motifs is 1. The van der Waals surface area contributed by atoms with Crippen LogP contribution in [0.3, 0.4) is 0 Å². The van der Waals surface area contributed by atoms with Crippen molar-refractivity contribution in [3.8, 4) is 11.5 Å². The number of methoxy groups -OCH3 is 2. The quantitative estimate of drug-likeness (QED) is 0.553. The molecule has 180 valence electrons. The van der Waals surface area contributed by atoms with E-state index in [1.807, 2.05) is 31.2 Å². The van der Waals surface area contributed by atoms with Crippen molar-refractivity contribution in [3.63, 3.8) is 0 Å². The molecule has 2 aromatic carbocycles. The van der Waals surface area contributed by atoms with Gasteiger partial charge in [-0.25, -0.2) is 8.42 Å². The minimum atomic E-state index is -3.91. The van der Waals surface area contributed by atoms with E-state index in [1.54, 1.807) is 23.9 Å². The first-order valence-corrected chi connectivity index (χ1v) is 12.3. The number of amides is 1. The Hall–Kier alpha value is -3.37. The fourth-order valence-electron chi connectivity index (χ4n) is 4.17. The van der Waals surface area contributed by atoms with Gasteiger partial charge in [-0.2, -0.15) is 9.40 Å². The Morgan fingerprint density at radius 2 is 1.94 bits per heavy atom. The van der Waals surface area contributed by atoms with Crippen molar-refractivity contribution in [2.75, 3.05) is 20.8 Å². The standard InChI is InChI=1S/C24H28N4O5S/c1-16-6-5-7-17(12-16)14-25-24(29)23-19-15-28(11-10-20(19)27(2)26-23)34(30,31)22-13-18(32-3)8-9-21(22)33-4/h5-9,12-13H,10-11,14-15H2,1-4H3,(H,25,29). The predicted octanol–water partition coefficient (Wildman–Crippen LogP) is 2.42. The monoisotopic (exact) mass is 484 g/mol. The summed E-state index contributed by atoms with van der Waals surface area (Å²) in [6.45, 7) is 2.65. The number of ether oxygens (including phenoxy) is 2. The number of carbonyl (C=O) groups excluding carboxylic acids is 1. The van der Waals surface area contributed by atoms with Gasteiger partial charge in [-0.15, -0.1) is 0 Å². The number of aromatic nitrogens is 2. The third-order valence-corrected chi connectivity index (χ3v) is 7.81. The second-order valence-corrected chi connectivity index (χ2v) is 10.1. The number of nitrogens with zero attached hydrogens (tertiary/aromatic N) is 3. The molecule has 0 bridgehead atoms. The van der Waals surface area contributed by atoms with Crippen LogP contribution in [-0.2, 0) is 36.6 Å². The van der Waals surface area contributed by atoms with E-state index in [4.69, 9.17) is 9.47 Å². The maximum absolute atomic E-state index is 13.5. The summed E-state index contributed by atoms with van der Waals surface area (Å²) in [4.78, 5) is 13.0. The largest absolute Gasteiger partial charge is 0.497 e. The molecule has 0 fully saturated rings. The van der Waals surface area contributed by atoms with E-state index in [1.165, 1.54) is 24.6 Å². The maximum atomic E-state index is 13.5. The van der Waals surface area contributed by atoms with E-state index in [9.17, 15) is 13.2 Å². The molecule has 3 aromatic rings. The van der Waals surface area contributed by atoms with Crippen molar-refractivity contribution in [1.82, 2.24) is 19.4 Å². The second kappa shape index (κ2) is 9.47. The summed E-state index contributed by atoms with van der Waals surface area (Å²) in [7, 11) is 0.754. The predicted molar refractivity (Wildman–Crippen MR) is 126 cm³/mol. The van der Waals surface area contributed by atoms with Crippen molar-refractivity contribution in [2.24, 2.45) is 7.05 Å². The molecule has 0 saturated carbocycles. The number of benzene rings is 2. The number of hydrogen-bond acceptors (Lipinski definition) is 6. The van der Waals surface area contributed by atoms with E-state index in [2.05, 4.69) is 10.4 Å². The molecule has 10 heteroatoms. The van der Waals surface area contributed by atoms with Crippen LogP contribution in [0.2, 0.25) is 0 Å². The van der Waals surface area contributed by atoms with Crippen LogP contribution in [0.15, 0.2) is 47.4 Å². The Labute approximate surface area is 199 Å². The van der Waals surface area contributed by atoms with Crippen LogP contribution >= 0.6 is 0 Å². The van der Waals surface area contributed by atoms with Gasteiger partial charge in [0, 0.05) is 50.4 Å². The SMILES string of the molecule is COc1ccc(OC)c(S(=O)(=O)N2CCc3c(c(C(=O)NCc4cccc(C)c4)nn3C)C2)c1. The molecule has 9 nitrogen and oxygen atoms in total. The van der Waals surface area contributed by atoms with Gasteiger partial charge in [-0.05, 0) is 24.6 Å². The summed E-state index contributed by atoms with van der Waals surface area (Å²) in [6, 6.07) is 12.5. The van der Waals surface area contributed by atoms with Crippen molar-refractivity contribution in [2.45, 2.75) is 31.3 Å². The molecule has 0 unspecified atom stereocenters. The maximum Gasteiger partial charge on any atom is 0.272 e. The Balaban J connectivity index is 1.60. The summed E-state index contributed by atoms with van der Waals surface area (Å²) < 4.78 is 40.6. The van der Waals surface area contributed by atoms with E-state index in [0.717, 1.165) is 16.8 Å². The lowest BCUT2D eigenvalue weighted by molar-refractivity contribution is 0.0943. The van der Waals surface area contributed by atoms with E-state index < -0.39 is 10.0 Å². The number of nitrogens with one attached hydrogen (secondary N) is 1. The minimum Gasteiger partial charge on any atom is -0.497 e. The Kier molecular flexibility index (Phi) is 6.63. The Bertz CT molecular complexity index is 1330. The van der Waals surface area contributed by atoms with Crippen molar-refractivity contribution in [1.29, 1.82) is 0 Å². The summed E-state index contributed by atoms with van der Waals surface area (Å²) in [6.07, 6.45) is 0.440. The van der Waals surface area contributed by atoms with E-state index in [0.29, 0.717) is 24.3 Å². The lowest BCUT2D eigenvalue weighted by atomic mass is 10.1. The zero-order valence-electron chi connectivity index (χ0n) is 19.7. The molecule has 1 aliphatic heterocycles. The molecule has 0 saturated heterocycles. The fourth-order valence-corrected chi connectivity index (χ4v) is 5.75. The molecule has 4 rings (SSSR count). The third-order valence-electron chi connectivity index (χ3n) is 5.95. The van der Waals surface area contributed by atoms with Crippen LogP contribution in [0.5, 0.6) is 11.5 Å². The molecule has 0 spiro atoms. The first-order chi connectivity index (χ1) is 16.2. The topological polar surface area (TPSA) is 103 Å². The van der Waals surface area contributed by atoms with Gasteiger partial charge in [0.1, 0.15) is 16.4 Å². The minimum absolute atomic E-state index is 0.0205. The normalized spacial score (nSPS) is 13.9. The molecule has 0 atom stereocenters. The fraction of sp³-hybridized carbons (Fsp3) is 0.333. The Morgan fingerprint density at radius 3 is 2.65 bits per heavy atom. The molecule has 0 aliphatic carbocycles. The van der Waals surface area contributed by atoms with Crippen LogP contribution in [0, 0.1) is 6.92 Å². The number of hydrogen-bond donors (Lipinski definition) is 1. The molecule has 1 aliphatic rings. The molecular weight excluding hydrogens is 456 g/mol. The highest BCUT2D eigenvalue weighted by Crippen LogP contribution is 2.33. The highest BCUT2D eigenvalue weighted by atomic mass is 32.2. The van der Waals surface area contributed by atoms with Crippen molar-refractivity contribution in [3.05, 3.63) is 70.5 Å². The highest BCUT2D eigenvalue weighted by molar-refractivity contribution is 7.89. The van der Waals surface area contributed by atoms with E-state index >= 15 is 0 Å². The zero-order chi connectivity index (χ0) is 24.5.